The molecule has 0 N–H and O–H groups in total. The van der Waals surface area contributed by atoms with Crippen molar-refractivity contribution in [3.63, 3.8) is 0 Å². The predicted octanol–water partition coefficient (Wildman–Crippen LogP) is 5.08. The third-order valence-electron chi connectivity index (χ3n) is 5.46. The monoisotopic (exact) mass is 445 g/mol. The summed E-state index contributed by atoms with van der Waals surface area (Å²) in [5.41, 5.74) is 2.13. The van der Waals surface area contributed by atoms with Crippen molar-refractivity contribution < 1.29 is 12.9 Å². The third kappa shape index (κ3) is 4.29. The highest BCUT2D eigenvalue weighted by molar-refractivity contribution is 7.89. The molecule has 0 saturated carbocycles. The van der Waals surface area contributed by atoms with E-state index in [1.54, 1.807) is 12.1 Å². The van der Waals surface area contributed by atoms with Gasteiger partial charge < -0.3 is 4.52 Å². The predicted molar refractivity (Wildman–Crippen MR) is 116 cm³/mol. The van der Waals surface area contributed by atoms with Crippen LogP contribution in [-0.2, 0) is 10.0 Å². The molecule has 1 fully saturated rings. The van der Waals surface area contributed by atoms with Crippen molar-refractivity contribution in [1.82, 2.24) is 14.4 Å². The number of hydrogen-bond donors (Lipinski definition) is 0. The van der Waals surface area contributed by atoms with Gasteiger partial charge in [0.2, 0.25) is 21.7 Å². The fourth-order valence-electron chi connectivity index (χ4n) is 3.65. The summed E-state index contributed by atoms with van der Waals surface area (Å²) in [4.78, 5) is 4.80. The molecule has 1 aromatic heterocycles. The van der Waals surface area contributed by atoms with Crippen molar-refractivity contribution in [1.29, 1.82) is 0 Å². The van der Waals surface area contributed by atoms with Crippen LogP contribution in [0.15, 0.2) is 57.9 Å². The summed E-state index contributed by atoms with van der Waals surface area (Å²) in [6, 6.07) is 14.4. The molecule has 2 heterocycles. The Kier molecular flexibility index (Phi) is 5.95. The lowest BCUT2D eigenvalue weighted by Gasteiger charge is -2.30. The largest absolute Gasteiger partial charge is 0.339 e. The van der Waals surface area contributed by atoms with Gasteiger partial charge >= 0.3 is 0 Å². The van der Waals surface area contributed by atoms with Crippen LogP contribution in [0.1, 0.15) is 50.0 Å². The van der Waals surface area contributed by atoms with E-state index in [-0.39, 0.29) is 10.8 Å². The van der Waals surface area contributed by atoms with Crippen LogP contribution in [0.3, 0.4) is 0 Å². The summed E-state index contributed by atoms with van der Waals surface area (Å²) in [5.74, 6) is 1.33. The zero-order valence-electron chi connectivity index (χ0n) is 17.0. The van der Waals surface area contributed by atoms with Crippen LogP contribution in [0.4, 0.5) is 0 Å². The Bertz CT molecular complexity index is 1110. The van der Waals surface area contributed by atoms with Gasteiger partial charge in [-0.05, 0) is 48.6 Å². The molecule has 3 aromatic rings. The lowest BCUT2D eigenvalue weighted by Crippen LogP contribution is -2.39. The molecule has 2 aromatic carbocycles. The molecule has 0 unspecified atom stereocenters. The van der Waals surface area contributed by atoms with E-state index in [0.29, 0.717) is 35.7 Å². The van der Waals surface area contributed by atoms with Gasteiger partial charge in [-0.2, -0.15) is 9.29 Å². The van der Waals surface area contributed by atoms with Crippen LogP contribution < -0.4 is 0 Å². The van der Waals surface area contributed by atoms with E-state index in [0.717, 1.165) is 18.4 Å². The molecule has 30 heavy (non-hydrogen) atoms. The minimum Gasteiger partial charge on any atom is -0.339 e. The Morgan fingerprint density at radius 2 is 1.80 bits per heavy atom. The molecule has 1 aliphatic rings. The molecule has 1 saturated heterocycles. The molecule has 0 amide bonds. The van der Waals surface area contributed by atoms with Gasteiger partial charge in [0.25, 0.3) is 0 Å². The van der Waals surface area contributed by atoms with Crippen molar-refractivity contribution in [2.24, 2.45) is 0 Å². The van der Waals surface area contributed by atoms with Gasteiger partial charge in [0.15, 0.2) is 0 Å². The first-order valence-corrected chi connectivity index (χ1v) is 11.9. The normalized spacial score (nSPS) is 18.1. The fraction of sp³-hybridized carbons (Fsp3) is 0.364. The Labute approximate surface area is 181 Å². The minimum atomic E-state index is -3.59. The Hall–Kier alpha value is -2.22. The first kappa shape index (κ1) is 21.0. The van der Waals surface area contributed by atoms with Crippen molar-refractivity contribution in [2.45, 2.75) is 43.4 Å². The molecule has 4 rings (SSSR count). The van der Waals surface area contributed by atoms with Crippen LogP contribution in [-0.4, -0.2) is 36.0 Å². The van der Waals surface area contributed by atoms with E-state index in [1.807, 2.05) is 12.1 Å². The molecule has 6 nitrogen and oxygen atoms in total. The summed E-state index contributed by atoms with van der Waals surface area (Å²) in [7, 11) is -3.59. The second-order valence-electron chi connectivity index (χ2n) is 7.89. The van der Waals surface area contributed by atoms with E-state index < -0.39 is 10.0 Å². The van der Waals surface area contributed by atoms with Gasteiger partial charge in [0, 0.05) is 23.7 Å². The number of piperidine rings is 1. The lowest BCUT2D eigenvalue weighted by molar-refractivity contribution is 0.265. The highest BCUT2D eigenvalue weighted by atomic mass is 35.5. The summed E-state index contributed by atoms with van der Waals surface area (Å²) in [5, 5.41) is 4.63. The lowest BCUT2D eigenvalue weighted by atomic mass is 9.99. The SMILES string of the molecule is CC(C)c1ccc(-c2noc([C@H]3CCCN(S(=O)(=O)c4ccc(Cl)cc4)C3)n2)cc1. The number of nitrogens with zero attached hydrogens (tertiary/aromatic N) is 3. The molecule has 158 valence electrons. The van der Waals surface area contributed by atoms with Crippen LogP contribution in [0, 0.1) is 0 Å². The number of sulfonamides is 1. The molecule has 8 heteroatoms. The molecule has 1 atom stereocenters. The highest BCUT2D eigenvalue weighted by Crippen LogP contribution is 2.31. The average molecular weight is 446 g/mol. The summed E-state index contributed by atoms with van der Waals surface area (Å²) >= 11 is 5.89. The van der Waals surface area contributed by atoms with Gasteiger partial charge in [0.05, 0.1) is 10.8 Å². The molecule has 0 radical (unpaired) electrons. The summed E-state index contributed by atoms with van der Waals surface area (Å²) < 4.78 is 33.0. The minimum absolute atomic E-state index is 0.128. The number of aromatic nitrogens is 2. The maximum atomic E-state index is 13.0. The van der Waals surface area contributed by atoms with Gasteiger partial charge in [0.1, 0.15) is 0 Å². The topological polar surface area (TPSA) is 76.3 Å². The Balaban J connectivity index is 1.52. The summed E-state index contributed by atoms with van der Waals surface area (Å²) in [6.07, 6.45) is 1.54. The standard InChI is InChI=1S/C22H24ClN3O3S/c1-15(2)16-5-7-17(8-6-16)21-24-22(29-25-21)18-4-3-13-26(14-18)30(27,28)20-11-9-19(23)10-12-20/h5-12,15,18H,3-4,13-14H2,1-2H3/t18-/m0/s1. The van der Waals surface area contributed by atoms with Crippen LogP contribution >= 0.6 is 11.6 Å². The van der Waals surface area contributed by atoms with E-state index >= 15 is 0 Å². The quantitative estimate of drug-likeness (QED) is 0.547. The molecular formula is C22H24ClN3O3S. The zero-order valence-corrected chi connectivity index (χ0v) is 18.5. The molecule has 0 spiro atoms. The average Bonchev–Trinajstić information content (AvgIpc) is 3.24. The molecule has 0 aliphatic carbocycles. The number of hydrogen-bond acceptors (Lipinski definition) is 5. The van der Waals surface area contributed by atoms with Crippen LogP contribution in [0.25, 0.3) is 11.4 Å². The van der Waals surface area contributed by atoms with E-state index in [9.17, 15) is 8.42 Å². The van der Waals surface area contributed by atoms with Crippen LogP contribution in [0.2, 0.25) is 5.02 Å². The number of rotatable bonds is 5. The highest BCUT2D eigenvalue weighted by Gasteiger charge is 2.33. The number of halogens is 1. The first-order valence-electron chi connectivity index (χ1n) is 10.0. The smallest absolute Gasteiger partial charge is 0.243 e. The van der Waals surface area contributed by atoms with Gasteiger partial charge in [-0.25, -0.2) is 8.42 Å². The van der Waals surface area contributed by atoms with Crippen molar-refractivity contribution in [3.8, 4) is 11.4 Å². The van der Waals surface area contributed by atoms with Crippen molar-refractivity contribution in [3.05, 3.63) is 65.0 Å². The summed E-state index contributed by atoms with van der Waals surface area (Å²) in [6.45, 7) is 5.08. The van der Waals surface area contributed by atoms with Gasteiger partial charge in [-0.15, -0.1) is 0 Å². The van der Waals surface area contributed by atoms with E-state index in [1.165, 1.54) is 22.0 Å². The molecule has 0 bridgehead atoms. The van der Waals surface area contributed by atoms with Crippen molar-refractivity contribution in [2.75, 3.05) is 13.1 Å². The zero-order chi connectivity index (χ0) is 21.3. The first-order chi connectivity index (χ1) is 14.3. The third-order valence-corrected chi connectivity index (χ3v) is 7.59. The molecular weight excluding hydrogens is 422 g/mol. The Morgan fingerprint density at radius 3 is 2.47 bits per heavy atom. The van der Waals surface area contributed by atoms with Gasteiger partial charge in [-0.3, -0.25) is 0 Å². The van der Waals surface area contributed by atoms with Crippen molar-refractivity contribution >= 4 is 21.6 Å². The second kappa shape index (κ2) is 8.49. The van der Waals surface area contributed by atoms with E-state index in [4.69, 9.17) is 16.1 Å². The molecule has 1 aliphatic heterocycles. The second-order valence-corrected chi connectivity index (χ2v) is 10.3. The maximum absolute atomic E-state index is 13.0. The fourth-order valence-corrected chi connectivity index (χ4v) is 5.30. The Morgan fingerprint density at radius 1 is 1.10 bits per heavy atom. The van der Waals surface area contributed by atoms with Gasteiger partial charge in [-0.1, -0.05) is 54.9 Å². The van der Waals surface area contributed by atoms with E-state index in [2.05, 4.69) is 36.1 Å². The number of benzene rings is 2. The maximum Gasteiger partial charge on any atom is 0.243 e. The van der Waals surface area contributed by atoms with Crippen LogP contribution in [0.5, 0.6) is 0 Å².